The van der Waals surface area contributed by atoms with E-state index < -0.39 is 10.9 Å². The van der Waals surface area contributed by atoms with Crippen LogP contribution >= 0.6 is 0 Å². The third-order valence-electron chi connectivity index (χ3n) is 2.08. The van der Waals surface area contributed by atoms with Crippen LogP contribution in [-0.2, 0) is 4.79 Å². The number of pyridine rings is 1. The van der Waals surface area contributed by atoms with E-state index in [9.17, 15) is 14.9 Å². The Morgan fingerprint density at radius 1 is 1.65 bits per heavy atom. The average Bonchev–Trinajstić information content (AvgIpc) is 2.28. The minimum Gasteiger partial charge on any atom is -0.480 e. The van der Waals surface area contributed by atoms with Crippen LogP contribution < -0.4 is 4.90 Å². The zero-order chi connectivity index (χ0) is 12.8. The monoisotopic (exact) mass is 239 g/mol. The molecule has 1 heterocycles. The second-order valence-corrected chi connectivity index (χ2v) is 3.44. The van der Waals surface area contributed by atoms with Crippen LogP contribution in [0, 0.1) is 10.1 Å². The van der Waals surface area contributed by atoms with E-state index >= 15 is 0 Å². The Labute approximate surface area is 97.8 Å². The van der Waals surface area contributed by atoms with Gasteiger partial charge in [0, 0.05) is 18.8 Å². The van der Waals surface area contributed by atoms with Crippen LogP contribution in [-0.4, -0.2) is 34.1 Å². The standard InChI is InChI=1S/C10H13N3O4/c1-2-5-12(7-10(14)15)9-6-8(13(16)17)3-4-11-9/h3-4,6H,2,5,7H2,1H3,(H,14,15). The topological polar surface area (TPSA) is 96.6 Å². The maximum absolute atomic E-state index is 10.7. The van der Waals surface area contributed by atoms with Crippen LogP contribution in [0.3, 0.4) is 0 Å². The van der Waals surface area contributed by atoms with Crippen molar-refractivity contribution in [2.45, 2.75) is 13.3 Å². The Morgan fingerprint density at radius 3 is 2.88 bits per heavy atom. The van der Waals surface area contributed by atoms with Gasteiger partial charge in [0.25, 0.3) is 5.69 Å². The molecular weight excluding hydrogens is 226 g/mol. The van der Waals surface area contributed by atoms with Crippen molar-refractivity contribution in [2.75, 3.05) is 18.0 Å². The molecule has 0 aliphatic heterocycles. The molecule has 0 spiro atoms. The van der Waals surface area contributed by atoms with Gasteiger partial charge in [-0.05, 0) is 6.42 Å². The molecule has 0 unspecified atom stereocenters. The first-order chi connectivity index (χ1) is 8.04. The van der Waals surface area contributed by atoms with Gasteiger partial charge in [-0.1, -0.05) is 6.92 Å². The minimum atomic E-state index is -0.994. The van der Waals surface area contributed by atoms with E-state index in [-0.39, 0.29) is 12.2 Å². The lowest BCUT2D eigenvalue weighted by molar-refractivity contribution is -0.384. The Bertz CT molecular complexity index is 422. The summed E-state index contributed by atoms with van der Waals surface area (Å²) < 4.78 is 0. The molecule has 0 aromatic carbocycles. The molecule has 0 bridgehead atoms. The maximum atomic E-state index is 10.7. The molecule has 1 N–H and O–H groups in total. The molecule has 0 saturated heterocycles. The van der Waals surface area contributed by atoms with Crippen molar-refractivity contribution in [3.63, 3.8) is 0 Å². The van der Waals surface area contributed by atoms with E-state index in [1.165, 1.54) is 23.2 Å². The van der Waals surface area contributed by atoms with Gasteiger partial charge < -0.3 is 10.0 Å². The van der Waals surface area contributed by atoms with Gasteiger partial charge in [-0.2, -0.15) is 0 Å². The van der Waals surface area contributed by atoms with Crippen molar-refractivity contribution in [2.24, 2.45) is 0 Å². The summed E-state index contributed by atoms with van der Waals surface area (Å²) in [6.45, 7) is 2.16. The van der Waals surface area contributed by atoms with Gasteiger partial charge >= 0.3 is 5.97 Å². The van der Waals surface area contributed by atoms with Crippen LogP contribution in [0.4, 0.5) is 11.5 Å². The molecule has 1 aromatic heterocycles. The van der Waals surface area contributed by atoms with Crippen molar-refractivity contribution in [1.82, 2.24) is 4.98 Å². The summed E-state index contributed by atoms with van der Waals surface area (Å²) in [6, 6.07) is 2.55. The second-order valence-electron chi connectivity index (χ2n) is 3.44. The Hall–Kier alpha value is -2.18. The van der Waals surface area contributed by atoms with E-state index in [1.807, 2.05) is 6.92 Å². The molecule has 17 heavy (non-hydrogen) atoms. The highest BCUT2D eigenvalue weighted by Gasteiger charge is 2.14. The molecule has 0 aliphatic rings. The molecule has 0 radical (unpaired) electrons. The quantitative estimate of drug-likeness (QED) is 0.593. The van der Waals surface area contributed by atoms with Crippen molar-refractivity contribution in [3.8, 4) is 0 Å². The molecule has 1 rings (SSSR count). The normalized spacial score (nSPS) is 9.94. The number of nitro groups is 1. The van der Waals surface area contributed by atoms with Gasteiger partial charge in [-0.25, -0.2) is 4.98 Å². The van der Waals surface area contributed by atoms with E-state index in [1.54, 1.807) is 0 Å². The number of aliphatic carboxylic acids is 1. The highest BCUT2D eigenvalue weighted by Crippen LogP contribution is 2.18. The first-order valence-corrected chi connectivity index (χ1v) is 5.11. The fourth-order valence-corrected chi connectivity index (χ4v) is 1.40. The van der Waals surface area contributed by atoms with Crippen molar-refractivity contribution in [1.29, 1.82) is 0 Å². The fraction of sp³-hybridized carbons (Fsp3) is 0.400. The Morgan fingerprint density at radius 2 is 2.35 bits per heavy atom. The van der Waals surface area contributed by atoms with Gasteiger partial charge in [-0.3, -0.25) is 14.9 Å². The number of rotatable bonds is 6. The predicted molar refractivity (Wildman–Crippen MR) is 61.0 cm³/mol. The molecule has 0 atom stereocenters. The van der Waals surface area contributed by atoms with Gasteiger partial charge in [-0.15, -0.1) is 0 Å². The number of hydrogen-bond donors (Lipinski definition) is 1. The van der Waals surface area contributed by atoms with Crippen molar-refractivity contribution in [3.05, 3.63) is 28.4 Å². The summed E-state index contributed by atoms with van der Waals surface area (Å²) in [5.41, 5.74) is -0.0958. The van der Waals surface area contributed by atoms with Gasteiger partial charge in [0.2, 0.25) is 0 Å². The number of aromatic nitrogens is 1. The average molecular weight is 239 g/mol. The molecule has 0 saturated carbocycles. The molecule has 1 aromatic rings. The van der Waals surface area contributed by atoms with Crippen LogP contribution in [0.2, 0.25) is 0 Å². The first kappa shape index (κ1) is 12.9. The third kappa shape index (κ3) is 3.71. The summed E-state index contributed by atoms with van der Waals surface area (Å²) in [6.07, 6.45) is 2.04. The summed E-state index contributed by atoms with van der Waals surface area (Å²) in [7, 11) is 0. The SMILES string of the molecule is CCCN(CC(=O)O)c1cc([N+](=O)[O-])ccn1. The summed E-state index contributed by atoms with van der Waals surface area (Å²) in [5, 5.41) is 19.3. The molecule has 0 fully saturated rings. The highest BCUT2D eigenvalue weighted by atomic mass is 16.6. The fourth-order valence-electron chi connectivity index (χ4n) is 1.40. The van der Waals surface area contributed by atoms with Gasteiger partial charge in [0.05, 0.1) is 11.0 Å². The predicted octanol–water partition coefficient (Wildman–Crippen LogP) is 1.29. The van der Waals surface area contributed by atoms with Gasteiger partial charge in [0.15, 0.2) is 0 Å². The zero-order valence-electron chi connectivity index (χ0n) is 9.37. The second kappa shape index (κ2) is 5.78. The van der Waals surface area contributed by atoms with E-state index in [0.29, 0.717) is 12.4 Å². The third-order valence-corrected chi connectivity index (χ3v) is 2.08. The molecule has 7 nitrogen and oxygen atoms in total. The lowest BCUT2D eigenvalue weighted by Gasteiger charge is -2.20. The molecule has 7 heteroatoms. The van der Waals surface area contributed by atoms with E-state index in [2.05, 4.69) is 4.98 Å². The van der Waals surface area contributed by atoms with Crippen LogP contribution in [0.5, 0.6) is 0 Å². The lowest BCUT2D eigenvalue weighted by atomic mass is 10.3. The maximum Gasteiger partial charge on any atom is 0.323 e. The molecule has 0 aliphatic carbocycles. The summed E-state index contributed by atoms with van der Waals surface area (Å²) in [5.74, 6) is -0.685. The molecule has 0 amide bonds. The number of nitrogens with zero attached hydrogens (tertiary/aromatic N) is 3. The Kier molecular flexibility index (Phi) is 4.38. The Balaban J connectivity index is 2.96. The smallest absolute Gasteiger partial charge is 0.323 e. The van der Waals surface area contributed by atoms with E-state index in [4.69, 9.17) is 5.11 Å². The van der Waals surface area contributed by atoms with Crippen molar-refractivity contribution >= 4 is 17.5 Å². The van der Waals surface area contributed by atoms with Gasteiger partial charge in [0.1, 0.15) is 12.4 Å². The highest BCUT2D eigenvalue weighted by molar-refractivity contribution is 5.73. The molecule has 92 valence electrons. The number of hydrogen-bond acceptors (Lipinski definition) is 5. The number of anilines is 1. The van der Waals surface area contributed by atoms with Crippen molar-refractivity contribution < 1.29 is 14.8 Å². The first-order valence-electron chi connectivity index (χ1n) is 5.11. The lowest BCUT2D eigenvalue weighted by Crippen LogP contribution is -2.31. The molecular formula is C10H13N3O4. The zero-order valence-corrected chi connectivity index (χ0v) is 9.37. The summed E-state index contributed by atoms with van der Waals surface area (Å²) >= 11 is 0. The summed E-state index contributed by atoms with van der Waals surface area (Å²) in [4.78, 5) is 26.2. The van der Waals surface area contributed by atoms with Crippen LogP contribution in [0.25, 0.3) is 0 Å². The number of carboxylic acids is 1. The van der Waals surface area contributed by atoms with Crippen LogP contribution in [0.15, 0.2) is 18.3 Å². The number of carbonyl (C=O) groups is 1. The van der Waals surface area contributed by atoms with E-state index in [0.717, 1.165) is 6.42 Å². The minimum absolute atomic E-state index is 0.0958. The largest absolute Gasteiger partial charge is 0.480 e. The number of carboxylic acid groups (broad SMARTS) is 1. The van der Waals surface area contributed by atoms with Crippen LogP contribution in [0.1, 0.15) is 13.3 Å².